The summed E-state index contributed by atoms with van der Waals surface area (Å²) >= 11 is 3.28. The number of nitrogens with one attached hydrogen (secondary N) is 1. The van der Waals surface area contributed by atoms with Crippen LogP contribution in [-0.2, 0) is 14.8 Å². The summed E-state index contributed by atoms with van der Waals surface area (Å²) in [6, 6.07) is 4.95. The molecule has 5 nitrogen and oxygen atoms in total. The van der Waals surface area contributed by atoms with Gasteiger partial charge in [-0.15, -0.1) is 0 Å². The van der Waals surface area contributed by atoms with Gasteiger partial charge in [0.25, 0.3) is 0 Å². The van der Waals surface area contributed by atoms with Crippen LogP contribution in [0.4, 0.5) is 0 Å². The molecule has 20 heavy (non-hydrogen) atoms. The van der Waals surface area contributed by atoms with Crippen molar-refractivity contribution in [1.82, 2.24) is 4.72 Å². The van der Waals surface area contributed by atoms with E-state index in [1.54, 1.807) is 18.2 Å². The van der Waals surface area contributed by atoms with Crippen molar-refractivity contribution < 1.29 is 17.9 Å². The lowest BCUT2D eigenvalue weighted by atomic mass is 10.2. The molecule has 0 aromatic heterocycles. The van der Waals surface area contributed by atoms with E-state index in [-0.39, 0.29) is 11.0 Å². The molecule has 112 valence electrons. The molecular formula is C13H18BrNO4S. The monoisotopic (exact) mass is 363 g/mol. The molecule has 1 aromatic carbocycles. The number of halogens is 1. The first kappa shape index (κ1) is 15.8. The number of hydrogen-bond donors (Lipinski definition) is 1. The summed E-state index contributed by atoms with van der Waals surface area (Å²) in [5.74, 6) is 0.357. The Hall–Kier alpha value is -0.630. The van der Waals surface area contributed by atoms with E-state index in [1.807, 2.05) is 6.92 Å². The first-order valence-corrected chi connectivity index (χ1v) is 8.84. The first-order chi connectivity index (χ1) is 9.53. The van der Waals surface area contributed by atoms with Gasteiger partial charge in [0.2, 0.25) is 10.0 Å². The van der Waals surface area contributed by atoms with Crippen LogP contribution in [0.15, 0.2) is 27.6 Å². The summed E-state index contributed by atoms with van der Waals surface area (Å²) in [6.07, 6.45) is 1.83. The minimum absolute atomic E-state index is 0.0347. The molecule has 1 saturated heterocycles. The summed E-state index contributed by atoms with van der Waals surface area (Å²) in [7, 11) is -3.61. The van der Waals surface area contributed by atoms with Crippen molar-refractivity contribution in [2.75, 3.05) is 19.8 Å². The molecule has 7 heteroatoms. The highest BCUT2D eigenvalue weighted by Crippen LogP contribution is 2.27. The van der Waals surface area contributed by atoms with E-state index in [4.69, 9.17) is 9.47 Å². The third-order valence-electron chi connectivity index (χ3n) is 3.02. The van der Waals surface area contributed by atoms with Crippen LogP contribution in [0, 0.1) is 0 Å². The van der Waals surface area contributed by atoms with Gasteiger partial charge in [0.1, 0.15) is 10.6 Å². The predicted octanol–water partition coefficient (Wildman–Crippen LogP) is 2.31. The number of sulfonamides is 1. The van der Waals surface area contributed by atoms with Gasteiger partial charge in [-0.05, 0) is 38.0 Å². The molecule has 0 unspecified atom stereocenters. The molecule has 0 aliphatic carbocycles. The minimum atomic E-state index is -3.61. The van der Waals surface area contributed by atoms with Crippen LogP contribution >= 0.6 is 15.9 Å². The third-order valence-corrected chi connectivity index (χ3v) is 4.96. The Morgan fingerprint density at radius 1 is 1.50 bits per heavy atom. The maximum atomic E-state index is 12.4. The fraction of sp³-hybridized carbons (Fsp3) is 0.538. The van der Waals surface area contributed by atoms with Crippen molar-refractivity contribution in [2.45, 2.75) is 30.8 Å². The molecule has 0 spiro atoms. The van der Waals surface area contributed by atoms with Gasteiger partial charge in [0, 0.05) is 17.6 Å². The Bertz CT molecular complexity index is 555. The van der Waals surface area contributed by atoms with Gasteiger partial charge in [0.05, 0.1) is 12.7 Å². The molecule has 0 radical (unpaired) electrons. The molecule has 0 amide bonds. The Labute approximate surface area is 127 Å². The number of benzene rings is 1. The van der Waals surface area contributed by atoms with Gasteiger partial charge in [-0.1, -0.05) is 15.9 Å². The largest absolute Gasteiger partial charge is 0.492 e. The lowest BCUT2D eigenvalue weighted by Crippen LogP contribution is -2.32. The topological polar surface area (TPSA) is 64.6 Å². The number of hydrogen-bond acceptors (Lipinski definition) is 4. The van der Waals surface area contributed by atoms with Gasteiger partial charge < -0.3 is 9.47 Å². The highest BCUT2D eigenvalue weighted by molar-refractivity contribution is 9.10. The molecule has 1 aliphatic rings. The third kappa shape index (κ3) is 3.94. The molecule has 1 fully saturated rings. The highest BCUT2D eigenvalue weighted by atomic mass is 79.9. The maximum absolute atomic E-state index is 12.4. The predicted molar refractivity (Wildman–Crippen MR) is 79.5 cm³/mol. The van der Waals surface area contributed by atoms with E-state index in [9.17, 15) is 8.42 Å². The van der Waals surface area contributed by atoms with E-state index < -0.39 is 10.0 Å². The molecule has 2 rings (SSSR count). The number of ether oxygens (including phenoxy) is 2. The summed E-state index contributed by atoms with van der Waals surface area (Å²) in [5, 5.41) is 0. The molecular weight excluding hydrogens is 346 g/mol. The molecule has 1 heterocycles. The number of rotatable bonds is 6. The average molecular weight is 364 g/mol. The second kappa shape index (κ2) is 6.89. The highest BCUT2D eigenvalue weighted by Gasteiger charge is 2.23. The summed E-state index contributed by atoms with van der Waals surface area (Å²) < 4.78 is 38.8. The molecule has 0 saturated carbocycles. The normalized spacial score (nSPS) is 19.2. The average Bonchev–Trinajstić information content (AvgIpc) is 2.92. The van der Waals surface area contributed by atoms with E-state index in [2.05, 4.69) is 20.7 Å². The van der Waals surface area contributed by atoms with Crippen molar-refractivity contribution in [3.8, 4) is 5.75 Å². The van der Waals surface area contributed by atoms with Gasteiger partial charge in [-0.2, -0.15) is 0 Å². The van der Waals surface area contributed by atoms with Crippen LogP contribution in [0.1, 0.15) is 19.8 Å². The van der Waals surface area contributed by atoms with Gasteiger partial charge in [-0.3, -0.25) is 0 Å². The quantitative estimate of drug-likeness (QED) is 0.841. The molecule has 1 aliphatic heterocycles. The fourth-order valence-corrected chi connectivity index (χ4v) is 3.80. The van der Waals surface area contributed by atoms with Crippen molar-refractivity contribution in [3.63, 3.8) is 0 Å². The smallest absolute Gasteiger partial charge is 0.244 e. The zero-order valence-corrected chi connectivity index (χ0v) is 13.7. The van der Waals surface area contributed by atoms with Crippen LogP contribution < -0.4 is 9.46 Å². The Balaban J connectivity index is 2.16. The molecule has 1 aromatic rings. The summed E-state index contributed by atoms with van der Waals surface area (Å²) in [4.78, 5) is 0.145. The zero-order chi connectivity index (χ0) is 14.6. The second-order valence-electron chi connectivity index (χ2n) is 4.51. The maximum Gasteiger partial charge on any atom is 0.244 e. The van der Waals surface area contributed by atoms with Crippen molar-refractivity contribution in [3.05, 3.63) is 22.7 Å². The Morgan fingerprint density at radius 2 is 2.30 bits per heavy atom. The van der Waals surface area contributed by atoms with Crippen LogP contribution in [0.2, 0.25) is 0 Å². The van der Waals surface area contributed by atoms with Gasteiger partial charge >= 0.3 is 0 Å². The minimum Gasteiger partial charge on any atom is -0.492 e. The Morgan fingerprint density at radius 3 is 2.95 bits per heavy atom. The van der Waals surface area contributed by atoms with Crippen LogP contribution in [0.5, 0.6) is 5.75 Å². The lowest BCUT2D eigenvalue weighted by molar-refractivity contribution is 0.114. The van der Waals surface area contributed by atoms with Crippen LogP contribution in [0.3, 0.4) is 0 Å². The molecule has 1 N–H and O–H groups in total. The van der Waals surface area contributed by atoms with E-state index in [1.165, 1.54) is 0 Å². The van der Waals surface area contributed by atoms with Crippen molar-refractivity contribution >= 4 is 26.0 Å². The van der Waals surface area contributed by atoms with Gasteiger partial charge in [0.15, 0.2) is 0 Å². The van der Waals surface area contributed by atoms with Crippen LogP contribution in [-0.4, -0.2) is 34.3 Å². The second-order valence-corrected chi connectivity index (χ2v) is 7.16. The van der Waals surface area contributed by atoms with E-state index >= 15 is 0 Å². The lowest BCUT2D eigenvalue weighted by Gasteiger charge is -2.14. The van der Waals surface area contributed by atoms with E-state index in [0.717, 1.165) is 12.8 Å². The summed E-state index contributed by atoms with van der Waals surface area (Å²) in [5.41, 5.74) is 0. The Kier molecular flexibility index (Phi) is 5.42. The summed E-state index contributed by atoms with van der Waals surface area (Å²) in [6.45, 7) is 3.22. The fourth-order valence-electron chi connectivity index (χ4n) is 2.05. The zero-order valence-electron chi connectivity index (χ0n) is 11.3. The van der Waals surface area contributed by atoms with Crippen LogP contribution in [0.25, 0.3) is 0 Å². The van der Waals surface area contributed by atoms with Crippen molar-refractivity contribution in [1.29, 1.82) is 0 Å². The molecule has 1 atom stereocenters. The van der Waals surface area contributed by atoms with E-state index in [0.29, 0.717) is 30.0 Å². The van der Waals surface area contributed by atoms with Crippen molar-refractivity contribution in [2.24, 2.45) is 0 Å². The first-order valence-electron chi connectivity index (χ1n) is 6.56. The molecule has 0 bridgehead atoms. The standard InChI is InChI=1S/C13H18BrNO4S/c1-2-18-12-6-5-10(14)8-13(12)20(16,17)15-9-11-4-3-7-19-11/h5-6,8,11,15H,2-4,7,9H2,1H3/t11-/m0/s1. The van der Waals surface area contributed by atoms with Gasteiger partial charge in [-0.25, -0.2) is 13.1 Å². The SMILES string of the molecule is CCOc1ccc(Br)cc1S(=O)(=O)NC[C@@H]1CCCO1.